The summed E-state index contributed by atoms with van der Waals surface area (Å²) in [5, 5.41) is 0. The van der Waals surface area contributed by atoms with Crippen LogP contribution in [0, 0.1) is 6.92 Å². The Morgan fingerprint density at radius 3 is 2.50 bits per heavy atom. The lowest BCUT2D eigenvalue weighted by molar-refractivity contribution is 0.0220. The van der Waals surface area contributed by atoms with Gasteiger partial charge in [0.15, 0.2) is 0 Å². The maximum Gasteiger partial charge on any atom is 0.122 e. The molecule has 0 aromatic heterocycles. The fraction of sp³-hybridized carbons (Fsp3) is 0.647. The van der Waals surface area contributed by atoms with Gasteiger partial charge in [0, 0.05) is 6.54 Å². The SMILES string of the molecule is Cc1cc(C(C)(C)C)ccc1OCC1CCC(CN)O1. The smallest absolute Gasteiger partial charge is 0.122 e. The molecule has 1 saturated heterocycles. The summed E-state index contributed by atoms with van der Waals surface area (Å²) in [5.41, 5.74) is 8.31. The van der Waals surface area contributed by atoms with Gasteiger partial charge in [0.05, 0.1) is 12.2 Å². The molecule has 1 aliphatic rings. The van der Waals surface area contributed by atoms with Gasteiger partial charge in [0.1, 0.15) is 12.4 Å². The maximum atomic E-state index is 5.92. The second-order valence-electron chi connectivity index (χ2n) is 6.73. The van der Waals surface area contributed by atoms with E-state index in [4.69, 9.17) is 15.2 Å². The first kappa shape index (κ1) is 15.3. The highest BCUT2D eigenvalue weighted by molar-refractivity contribution is 5.38. The highest BCUT2D eigenvalue weighted by Crippen LogP contribution is 2.28. The molecule has 1 aromatic carbocycles. The van der Waals surface area contributed by atoms with Crippen LogP contribution in [0.5, 0.6) is 5.75 Å². The molecule has 20 heavy (non-hydrogen) atoms. The van der Waals surface area contributed by atoms with Crippen molar-refractivity contribution in [1.29, 1.82) is 0 Å². The zero-order valence-electron chi connectivity index (χ0n) is 13.1. The summed E-state index contributed by atoms with van der Waals surface area (Å²) in [6.45, 7) is 10.00. The molecular formula is C17H27NO2. The summed E-state index contributed by atoms with van der Waals surface area (Å²) in [6, 6.07) is 6.44. The Labute approximate surface area is 122 Å². The third-order valence-electron chi connectivity index (χ3n) is 3.92. The van der Waals surface area contributed by atoms with E-state index in [9.17, 15) is 0 Å². The van der Waals surface area contributed by atoms with Crippen LogP contribution in [0.2, 0.25) is 0 Å². The first-order valence-electron chi connectivity index (χ1n) is 7.49. The van der Waals surface area contributed by atoms with E-state index >= 15 is 0 Å². The van der Waals surface area contributed by atoms with Crippen molar-refractivity contribution >= 4 is 0 Å². The summed E-state index contributed by atoms with van der Waals surface area (Å²) >= 11 is 0. The van der Waals surface area contributed by atoms with Crippen LogP contribution < -0.4 is 10.5 Å². The summed E-state index contributed by atoms with van der Waals surface area (Å²) in [5.74, 6) is 0.956. The van der Waals surface area contributed by atoms with Gasteiger partial charge in [-0.15, -0.1) is 0 Å². The average Bonchev–Trinajstić information content (AvgIpc) is 2.84. The second kappa shape index (κ2) is 6.15. The van der Waals surface area contributed by atoms with Crippen LogP contribution in [-0.2, 0) is 10.2 Å². The molecule has 2 rings (SSSR count). The van der Waals surface area contributed by atoms with Crippen molar-refractivity contribution in [3.8, 4) is 5.75 Å². The van der Waals surface area contributed by atoms with Gasteiger partial charge < -0.3 is 15.2 Å². The summed E-state index contributed by atoms with van der Waals surface area (Å²) in [7, 11) is 0. The van der Waals surface area contributed by atoms with Gasteiger partial charge in [-0.1, -0.05) is 32.9 Å². The highest BCUT2D eigenvalue weighted by Gasteiger charge is 2.24. The lowest BCUT2D eigenvalue weighted by Gasteiger charge is -2.21. The number of benzene rings is 1. The van der Waals surface area contributed by atoms with Gasteiger partial charge in [0.25, 0.3) is 0 Å². The third-order valence-corrected chi connectivity index (χ3v) is 3.92. The van der Waals surface area contributed by atoms with Gasteiger partial charge in [-0.05, 0) is 42.4 Å². The molecule has 0 aliphatic carbocycles. The molecule has 1 aromatic rings. The number of aryl methyl sites for hydroxylation is 1. The largest absolute Gasteiger partial charge is 0.491 e. The van der Waals surface area contributed by atoms with Crippen molar-refractivity contribution in [3.63, 3.8) is 0 Å². The van der Waals surface area contributed by atoms with Gasteiger partial charge in [-0.2, -0.15) is 0 Å². The molecule has 0 saturated carbocycles. The monoisotopic (exact) mass is 277 g/mol. The molecule has 1 aliphatic heterocycles. The first-order chi connectivity index (χ1) is 9.40. The van der Waals surface area contributed by atoms with Gasteiger partial charge in [-0.3, -0.25) is 0 Å². The van der Waals surface area contributed by atoms with E-state index in [2.05, 4.69) is 45.9 Å². The molecule has 2 atom stereocenters. The molecule has 2 N–H and O–H groups in total. The Kier molecular flexibility index (Phi) is 4.71. The summed E-state index contributed by atoms with van der Waals surface area (Å²) in [4.78, 5) is 0. The Morgan fingerprint density at radius 1 is 1.25 bits per heavy atom. The Balaban J connectivity index is 1.94. The van der Waals surface area contributed by atoms with Crippen LogP contribution in [0.3, 0.4) is 0 Å². The summed E-state index contributed by atoms with van der Waals surface area (Å²) < 4.78 is 11.7. The Hall–Kier alpha value is -1.06. The molecule has 0 radical (unpaired) electrons. The topological polar surface area (TPSA) is 44.5 Å². The zero-order valence-corrected chi connectivity index (χ0v) is 13.1. The van der Waals surface area contributed by atoms with Crippen molar-refractivity contribution in [2.45, 2.75) is 58.2 Å². The number of ether oxygens (including phenoxy) is 2. The van der Waals surface area contributed by atoms with E-state index in [-0.39, 0.29) is 17.6 Å². The van der Waals surface area contributed by atoms with E-state index in [0.29, 0.717) is 13.2 Å². The molecule has 3 heteroatoms. The van der Waals surface area contributed by atoms with Crippen molar-refractivity contribution < 1.29 is 9.47 Å². The van der Waals surface area contributed by atoms with E-state index in [0.717, 1.165) is 18.6 Å². The number of rotatable bonds is 4. The highest BCUT2D eigenvalue weighted by atomic mass is 16.5. The van der Waals surface area contributed by atoms with Crippen LogP contribution in [0.15, 0.2) is 18.2 Å². The molecule has 0 spiro atoms. The van der Waals surface area contributed by atoms with E-state index in [1.54, 1.807) is 0 Å². The van der Waals surface area contributed by atoms with Gasteiger partial charge in [-0.25, -0.2) is 0 Å². The molecule has 112 valence electrons. The van der Waals surface area contributed by atoms with Gasteiger partial charge >= 0.3 is 0 Å². The predicted molar refractivity (Wildman–Crippen MR) is 82.3 cm³/mol. The van der Waals surface area contributed by atoms with E-state index in [1.807, 2.05) is 0 Å². The number of hydrogen-bond acceptors (Lipinski definition) is 3. The quantitative estimate of drug-likeness (QED) is 0.919. The first-order valence-corrected chi connectivity index (χ1v) is 7.49. The van der Waals surface area contributed by atoms with Crippen LogP contribution in [-0.4, -0.2) is 25.4 Å². The van der Waals surface area contributed by atoms with E-state index in [1.165, 1.54) is 11.1 Å². The minimum Gasteiger partial charge on any atom is -0.491 e. The molecule has 1 heterocycles. The molecule has 1 fully saturated rings. The molecule has 0 bridgehead atoms. The van der Waals surface area contributed by atoms with Crippen LogP contribution >= 0.6 is 0 Å². The molecule has 0 amide bonds. The number of hydrogen-bond donors (Lipinski definition) is 1. The predicted octanol–water partition coefficient (Wildman–Crippen LogP) is 3.18. The van der Waals surface area contributed by atoms with E-state index < -0.39 is 0 Å². The fourth-order valence-corrected chi connectivity index (χ4v) is 2.54. The third kappa shape index (κ3) is 3.74. The van der Waals surface area contributed by atoms with Crippen molar-refractivity contribution in [2.24, 2.45) is 5.73 Å². The maximum absolute atomic E-state index is 5.92. The summed E-state index contributed by atoms with van der Waals surface area (Å²) in [6.07, 6.45) is 2.49. The van der Waals surface area contributed by atoms with Crippen LogP contribution in [0.4, 0.5) is 0 Å². The molecule has 2 unspecified atom stereocenters. The zero-order chi connectivity index (χ0) is 14.8. The Bertz CT molecular complexity index is 451. The molecular weight excluding hydrogens is 250 g/mol. The van der Waals surface area contributed by atoms with Gasteiger partial charge in [0.2, 0.25) is 0 Å². The minimum atomic E-state index is 0.173. The van der Waals surface area contributed by atoms with Crippen LogP contribution in [0.1, 0.15) is 44.7 Å². The standard InChI is InChI=1S/C17H27NO2/c1-12-9-13(17(2,3)4)5-8-16(12)19-11-15-7-6-14(10-18)20-15/h5,8-9,14-15H,6-7,10-11,18H2,1-4H3. The van der Waals surface area contributed by atoms with Crippen molar-refractivity contribution in [2.75, 3.05) is 13.2 Å². The fourth-order valence-electron chi connectivity index (χ4n) is 2.54. The lowest BCUT2D eigenvalue weighted by Crippen LogP contribution is -2.23. The van der Waals surface area contributed by atoms with Crippen LogP contribution in [0.25, 0.3) is 0 Å². The molecule has 3 nitrogen and oxygen atoms in total. The van der Waals surface area contributed by atoms with Crippen molar-refractivity contribution in [3.05, 3.63) is 29.3 Å². The minimum absolute atomic E-state index is 0.173. The average molecular weight is 277 g/mol. The van der Waals surface area contributed by atoms with Crippen molar-refractivity contribution in [1.82, 2.24) is 0 Å². The number of nitrogens with two attached hydrogens (primary N) is 1. The Morgan fingerprint density at radius 2 is 1.95 bits per heavy atom. The lowest BCUT2D eigenvalue weighted by atomic mass is 9.86. The second-order valence-corrected chi connectivity index (χ2v) is 6.73. The normalized spacial score (nSPS) is 23.1.